The second-order valence-electron chi connectivity index (χ2n) is 13.4. The molecule has 2 aliphatic carbocycles. The highest BCUT2D eigenvalue weighted by atomic mass is 15.1. The number of hydrogen-bond donors (Lipinski definition) is 0. The van der Waals surface area contributed by atoms with Gasteiger partial charge in [0, 0.05) is 22.2 Å². The van der Waals surface area contributed by atoms with Crippen LogP contribution in [0.2, 0.25) is 0 Å². The van der Waals surface area contributed by atoms with E-state index < -0.39 is 0 Å². The van der Waals surface area contributed by atoms with Crippen molar-refractivity contribution in [1.29, 1.82) is 0 Å². The SMILES string of the molecule is C=C/C=C\C.Cc1ccc2c(c1)C(C)(C)c1cc(N(c3ccc(C4=CCCc5ccccc54)cc3)c3cccc4ccccc34)ccc1-2. The maximum absolute atomic E-state index is 3.46. The molecule has 0 N–H and O–H groups in total. The fraction of sp³-hybridized carbons (Fsp3) is 0.149. The van der Waals surface area contributed by atoms with Gasteiger partial charge in [-0.3, -0.25) is 0 Å². The Kier molecular flexibility index (Phi) is 8.46. The molecular formula is C47H43N. The van der Waals surface area contributed by atoms with E-state index in [9.17, 15) is 0 Å². The van der Waals surface area contributed by atoms with Gasteiger partial charge in [-0.05, 0) is 107 Å². The van der Waals surface area contributed by atoms with Gasteiger partial charge in [-0.15, -0.1) is 0 Å². The van der Waals surface area contributed by atoms with Crippen LogP contribution in [-0.4, -0.2) is 0 Å². The average Bonchev–Trinajstić information content (AvgIpc) is 3.34. The van der Waals surface area contributed by atoms with Crippen molar-refractivity contribution < 1.29 is 0 Å². The van der Waals surface area contributed by atoms with Crippen molar-refractivity contribution in [2.24, 2.45) is 0 Å². The average molecular weight is 622 g/mol. The van der Waals surface area contributed by atoms with Gasteiger partial charge in [-0.1, -0.05) is 147 Å². The number of rotatable bonds is 5. The van der Waals surface area contributed by atoms with E-state index in [1.165, 1.54) is 72.2 Å². The summed E-state index contributed by atoms with van der Waals surface area (Å²) in [5.74, 6) is 0. The number of nitrogens with zero attached hydrogens (tertiary/aromatic N) is 1. The number of hydrogen-bond acceptors (Lipinski definition) is 1. The molecule has 2 aliphatic rings. The standard InChI is InChI=1S/C42H35N.C5H8/c1-28-18-24-37-38-25-23-33(27-40(38)42(2,3)39(37)26-28)43(41-17-9-13-30-11-5-7-15-36(30)41)32-21-19-31(20-22-32)35-16-8-12-29-10-4-6-14-34(29)35;1-3-5-4-2/h4-7,9-11,13-27H,8,12H2,1-3H3;3-5H,1H2,2H3/b;5-4-. The van der Waals surface area contributed by atoms with E-state index in [4.69, 9.17) is 0 Å². The van der Waals surface area contributed by atoms with Crippen LogP contribution in [0.1, 0.15) is 60.6 Å². The molecule has 0 aliphatic heterocycles. The summed E-state index contributed by atoms with van der Waals surface area (Å²) in [5.41, 5.74) is 15.7. The molecule has 6 aromatic rings. The minimum Gasteiger partial charge on any atom is -0.310 e. The first-order chi connectivity index (χ1) is 23.4. The van der Waals surface area contributed by atoms with Crippen molar-refractivity contribution in [3.63, 3.8) is 0 Å². The van der Waals surface area contributed by atoms with Crippen molar-refractivity contribution >= 4 is 33.4 Å². The first-order valence-electron chi connectivity index (χ1n) is 17.1. The van der Waals surface area contributed by atoms with Crippen molar-refractivity contribution in [2.75, 3.05) is 4.90 Å². The quantitative estimate of drug-likeness (QED) is 0.173. The van der Waals surface area contributed by atoms with E-state index in [0.29, 0.717) is 0 Å². The molecule has 0 saturated heterocycles. The van der Waals surface area contributed by atoms with Crippen LogP contribution in [0.15, 0.2) is 158 Å². The largest absolute Gasteiger partial charge is 0.310 e. The van der Waals surface area contributed by atoms with Crippen molar-refractivity contribution in [1.82, 2.24) is 0 Å². The molecule has 1 nitrogen and oxygen atoms in total. The first-order valence-corrected chi connectivity index (χ1v) is 17.1. The third-order valence-electron chi connectivity index (χ3n) is 9.92. The Morgan fingerprint density at radius 3 is 2.15 bits per heavy atom. The summed E-state index contributed by atoms with van der Waals surface area (Å²) in [5, 5.41) is 2.49. The van der Waals surface area contributed by atoms with Crippen LogP contribution in [0, 0.1) is 6.92 Å². The minimum atomic E-state index is -0.0676. The fourth-order valence-electron chi connectivity index (χ4n) is 7.49. The Morgan fingerprint density at radius 2 is 1.38 bits per heavy atom. The topological polar surface area (TPSA) is 3.24 Å². The Morgan fingerprint density at radius 1 is 0.688 bits per heavy atom. The van der Waals surface area contributed by atoms with Gasteiger partial charge in [0.2, 0.25) is 0 Å². The zero-order valence-corrected chi connectivity index (χ0v) is 28.5. The van der Waals surface area contributed by atoms with Crippen LogP contribution in [0.3, 0.4) is 0 Å². The molecule has 0 radical (unpaired) electrons. The lowest BCUT2D eigenvalue weighted by molar-refractivity contribution is 0.660. The maximum Gasteiger partial charge on any atom is 0.0540 e. The Hall–Kier alpha value is -5.40. The smallest absolute Gasteiger partial charge is 0.0540 e. The molecule has 0 aromatic heterocycles. The molecule has 0 unspecified atom stereocenters. The van der Waals surface area contributed by atoms with Gasteiger partial charge in [-0.25, -0.2) is 0 Å². The first kappa shape index (κ1) is 31.2. The summed E-state index contributed by atoms with van der Waals surface area (Å²) in [7, 11) is 0. The van der Waals surface area contributed by atoms with E-state index in [1.54, 1.807) is 6.08 Å². The predicted octanol–water partition coefficient (Wildman–Crippen LogP) is 13.1. The Balaban J connectivity index is 0.000000681. The van der Waals surface area contributed by atoms with Crippen LogP contribution in [-0.2, 0) is 11.8 Å². The van der Waals surface area contributed by atoms with Crippen LogP contribution >= 0.6 is 0 Å². The van der Waals surface area contributed by atoms with Gasteiger partial charge < -0.3 is 4.90 Å². The minimum absolute atomic E-state index is 0.0676. The van der Waals surface area contributed by atoms with E-state index in [0.717, 1.165) is 18.5 Å². The number of benzene rings is 6. The second-order valence-corrected chi connectivity index (χ2v) is 13.4. The molecular weight excluding hydrogens is 579 g/mol. The molecule has 48 heavy (non-hydrogen) atoms. The lowest BCUT2D eigenvalue weighted by Gasteiger charge is -2.29. The van der Waals surface area contributed by atoms with Crippen LogP contribution in [0.5, 0.6) is 0 Å². The molecule has 6 aromatic carbocycles. The molecule has 8 rings (SSSR count). The van der Waals surface area contributed by atoms with Crippen LogP contribution in [0.25, 0.3) is 27.5 Å². The summed E-state index contributed by atoms with van der Waals surface area (Å²) >= 11 is 0. The van der Waals surface area contributed by atoms with Gasteiger partial charge in [-0.2, -0.15) is 0 Å². The number of aryl methyl sites for hydroxylation is 2. The zero-order valence-electron chi connectivity index (χ0n) is 28.5. The zero-order chi connectivity index (χ0) is 33.3. The molecule has 0 bridgehead atoms. The summed E-state index contributed by atoms with van der Waals surface area (Å²) in [6.07, 6.45) is 10.2. The van der Waals surface area contributed by atoms with Crippen molar-refractivity contribution in [2.45, 2.75) is 46.0 Å². The van der Waals surface area contributed by atoms with E-state index in [2.05, 4.69) is 166 Å². The molecule has 0 saturated carbocycles. The van der Waals surface area contributed by atoms with Gasteiger partial charge in [0.1, 0.15) is 0 Å². The summed E-state index contributed by atoms with van der Waals surface area (Å²) in [6.45, 7) is 12.4. The monoisotopic (exact) mass is 621 g/mol. The van der Waals surface area contributed by atoms with Crippen molar-refractivity contribution in [3.05, 3.63) is 192 Å². The summed E-state index contributed by atoms with van der Waals surface area (Å²) in [4.78, 5) is 2.44. The summed E-state index contributed by atoms with van der Waals surface area (Å²) in [6, 6.07) is 47.4. The highest BCUT2D eigenvalue weighted by Crippen LogP contribution is 2.51. The number of allylic oxidation sites excluding steroid dienone is 4. The molecule has 1 heteroatoms. The highest BCUT2D eigenvalue weighted by molar-refractivity contribution is 5.99. The highest BCUT2D eigenvalue weighted by Gasteiger charge is 2.36. The lowest BCUT2D eigenvalue weighted by Crippen LogP contribution is -2.17. The summed E-state index contributed by atoms with van der Waals surface area (Å²) < 4.78 is 0. The lowest BCUT2D eigenvalue weighted by atomic mass is 9.82. The number of anilines is 3. The van der Waals surface area contributed by atoms with Crippen LogP contribution < -0.4 is 4.90 Å². The number of fused-ring (bicyclic) bond motifs is 5. The van der Waals surface area contributed by atoms with Crippen molar-refractivity contribution in [3.8, 4) is 11.1 Å². The second kappa shape index (κ2) is 13.0. The van der Waals surface area contributed by atoms with Gasteiger partial charge >= 0.3 is 0 Å². The van der Waals surface area contributed by atoms with Crippen LogP contribution in [0.4, 0.5) is 17.1 Å². The van der Waals surface area contributed by atoms with Gasteiger partial charge in [0.25, 0.3) is 0 Å². The molecule has 236 valence electrons. The Bertz CT molecular complexity index is 2190. The molecule has 0 amide bonds. The molecule has 0 heterocycles. The third kappa shape index (κ3) is 5.60. The van der Waals surface area contributed by atoms with E-state index in [-0.39, 0.29) is 5.41 Å². The third-order valence-corrected chi connectivity index (χ3v) is 9.92. The normalized spacial score (nSPS) is 14.0. The van der Waals surface area contributed by atoms with Gasteiger partial charge in [0.15, 0.2) is 0 Å². The van der Waals surface area contributed by atoms with E-state index in [1.807, 2.05) is 19.1 Å². The fourth-order valence-corrected chi connectivity index (χ4v) is 7.49. The maximum atomic E-state index is 3.46. The van der Waals surface area contributed by atoms with Gasteiger partial charge in [0.05, 0.1) is 5.69 Å². The molecule has 0 atom stereocenters. The van der Waals surface area contributed by atoms with E-state index >= 15 is 0 Å². The predicted molar refractivity (Wildman–Crippen MR) is 208 cm³/mol. The Labute approximate surface area is 286 Å². The molecule has 0 fully saturated rings. The molecule has 0 spiro atoms.